The highest BCUT2D eigenvalue weighted by atomic mass is 16.5. The molecule has 1 aromatic rings. The molecule has 9 heteroatoms. The lowest BCUT2D eigenvalue weighted by Crippen LogP contribution is -2.41. The van der Waals surface area contributed by atoms with Crippen molar-refractivity contribution >= 4 is 23.8 Å². The van der Waals surface area contributed by atoms with Crippen LogP contribution in [0.25, 0.3) is 0 Å². The van der Waals surface area contributed by atoms with Crippen LogP contribution in [0.3, 0.4) is 0 Å². The quantitative estimate of drug-likeness (QED) is 0.572. The SMILES string of the molecule is CC1(C)NC(=O)N(CC(=O)OCC(=O)NC2CCOc3ccccc32)C1=O. The van der Waals surface area contributed by atoms with E-state index >= 15 is 0 Å². The van der Waals surface area contributed by atoms with Crippen LogP contribution in [0, 0.1) is 0 Å². The number of esters is 1. The van der Waals surface area contributed by atoms with Crippen LogP contribution in [-0.4, -0.2) is 54.0 Å². The fraction of sp³-hybridized carbons (Fsp3) is 0.444. The van der Waals surface area contributed by atoms with Crippen molar-refractivity contribution in [2.24, 2.45) is 0 Å². The first-order valence-corrected chi connectivity index (χ1v) is 8.59. The number of hydrogen-bond acceptors (Lipinski definition) is 6. The van der Waals surface area contributed by atoms with Gasteiger partial charge in [0.05, 0.1) is 12.6 Å². The average Bonchev–Trinajstić information content (AvgIpc) is 2.82. The number of rotatable bonds is 5. The Morgan fingerprint density at radius 1 is 1.33 bits per heavy atom. The van der Waals surface area contributed by atoms with Gasteiger partial charge in [0.15, 0.2) is 6.61 Å². The van der Waals surface area contributed by atoms with Gasteiger partial charge in [0.1, 0.15) is 17.8 Å². The molecular weight excluding hydrogens is 354 g/mol. The summed E-state index contributed by atoms with van der Waals surface area (Å²) < 4.78 is 10.4. The number of nitrogens with one attached hydrogen (secondary N) is 2. The largest absolute Gasteiger partial charge is 0.493 e. The van der Waals surface area contributed by atoms with Gasteiger partial charge in [-0.15, -0.1) is 0 Å². The van der Waals surface area contributed by atoms with E-state index in [0.29, 0.717) is 18.8 Å². The van der Waals surface area contributed by atoms with Crippen LogP contribution in [0.15, 0.2) is 24.3 Å². The third-order valence-electron chi connectivity index (χ3n) is 4.39. The Morgan fingerprint density at radius 2 is 2.07 bits per heavy atom. The maximum atomic E-state index is 12.1. The van der Waals surface area contributed by atoms with Crippen molar-refractivity contribution in [3.8, 4) is 5.75 Å². The first-order valence-electron chi connectivity index (χ1n) is 8.59. The molecule has 0 spiro atoms. The molecule has 2 N–H and O–H groups in total. The van der Waals surface area contributed by atoms with Gasteiger partial charge in [-0.05, 0) is 19.9 Å². The maximum absolute atomic E-state index is 12.1. The van der Waals surface area contributed by atoms with E-state index in [-0.39, 0.29) is 6.04 Å². The molecule has 0 aliphatic carbocycles. The van der Waals surface area contributed by atoms with Crippen molar-refractivity contribution in [3.05, 3.63) is 29.8 Å². The summed E-state index contributed by atoms with van der Waals surface area (Å²) in [6, 6.07) is 6.50. The van der Waals surface area contributed by atoms with Crippen LogP contribution < -0.4 is 15.4 Å². The van der Waals surface area contributed by atoms with E-state index in [1.165, 1.54) is 13.8 Å². The lowest BCUT2D eigenvalue weighted by atomic mass is 10.0. The Balaban J connectivity index is 1.49. The first-order chi connectivity index (χ1) is 12.8. The second-order valence-corrected chi connectivity index (χ2v) is 6.90. The van der Waals surface area contributed by atoms with E-state index in [1.807, 2.05) is 24.3 Å². The van der Waals surface area contributed by atoms with E-state index in [1.54, 1.807) is 0 Å². The molecule has 1 unspecified atom stereocenters. The standard InChI is InChI=1S/C18H21N3O6/c1-18(2)16(24)21(17(25)20-18)9-15(23)27-10-14(22)19-12-7-8-26-13-6-4-3-5-11(12)13/h3-6,12H,7-10H2,1-2H3,(H,19,22)(H,20,25). The Hall–Kier alpha value is -3.10. The molecule has 1 aromatic carbocycles. The fourth-order valence-corrected chi connectivity index (χ4v) is 3.01. The third-order valence-corrected chi connectivity index (χ3v) is 4.39. The second-order valence-electron chi connectivity index (χ2n) is 6.90. The van der Waals surface area contributed by atoms with Crippen LogP contribution in [0.4, 0.5) is 4.79 Å². The van der Waals surface area contributed by atoms with Gasteiger partial charge in [-0.3, -0.25) is 19.3 Å². The van der Waals surface area contributed by atoms with Crippen LogP contribution >= 0.6 is 0 Å². The van der Waals surface area contributed by atoms with Gasteiger partial charge in [-0.2, -0.15) is 0 Å². The Labute approximate surface area is 156 Å². The lowest BCUT2D eigenvalue weighted by molar-refractivity contribution is -0.151. The molecular formula is C18H21N3O6. The van der Waals surface area contributed by atoms with Crippen LogP contribution in [0.2, 0.25) is 0 Å². The molecule has 0 radical (unpaired) electrons. The lowest BCUT2D eigenvalue weighted by Gasteiger charge is -2.26. The summed E-state index contributed by atoms with van der Waals surface area (Å²) in [6.07, 6.45) is 0.605. The second kappa shape index (κ2) is 7.26. The molecule has 9 nitrogen and oxygen atoms in total. The van der Waals surface area contributed by atoms with Crippen molar-refractivity contribution in [1.82, 2.24) is 15.5 Å². The normalized spacial score (nSPS) is 20.4. The molecule has 0 saturated carbocycles. The van der Waals surface area contributed by atoms with Crippen molar-refractivity contribution in [2.45, 2.75) is 31.8 Å². The number of urea groups is 1. The smallest absolute Gasteiger partial charge is 0.326 e. The summed E-state index contributed by atoms with van der Waals surface area (Å²) in [7, 11) is 0. The minimum atomic E-state index is -1.06. The maximum Gasteiger partial charge on any atom is 0.326 e. The van der Waals surface area contributed by atoms with Crippen molar-refractivity contribution in [1.29, 1.82) is 0 Å². The summed E-state index contributed by atoms with van der Waals surface area (Å²) >= 11 is 0. The van der Waals surface area contributed by atoms with E-state index in [0.717, 1.165) is 10.5 Å². The number of benzene rings is 1. The third kappa shape index (κ3) is 4.02. The molecule has 1 atom stereocenters. The number of imide groups is 1. The van der Waals surface area contributed by atoms with Crippen LogP contribution in [-0.2, 0) is 19.1 Å². The molecule has 2 aliphatic rings. The first kappa shape index (κ1) is 18.7. The fourth-order valence-electron chi connectivity index (χ4n) is 3.01. The number of hydrogen-bond donors (Lipinski definition) is 2. The highest BCUT2D eigenvalue weighted by molar-refractivity contribution is 6.08. The van der Waals surface area contributed by atoms with Crippen LogP contribution in [0.1, 0.15) is 31.9 Å². The van der Waals surface area contributed by atoms with Crippen molar-refractivity contribution < 1.29 is 28.7 Å². The minimum Gasteiger partial charge on any atom is -0.493 e. The summed E-state index contributed by atoms with van der Waals surface area (Å²) in [6.45, 7) is 2.52. The van der Waals surface area contributed by atoms with Gasteiger partial charge in [-0.1, -0.05) is 18.2 Å². The van der Waals surface area contributed by atoms with Crippen molar-refractivity contribution in [3.63, 3.8) is 0 Å². The molecule has 1 saturated heterocycles. The molecule has 1 fully saturated rings. The van der Waals surface area contributed by atoms with Gasteiger partial charge in [0.2, 0.25) is 0 Å². The Morgan fingerprint density at radius 3 is 2.78 bits per heavy atom. The highest BCUT2D eigenvalue weighted by Crippen LogP contribution is 2.31. The summed E-state index contributed by atoms with van der Waals surface area (Å²) in [5.74, 6) is -1.11. The van der Waals surface area contributed by atoms with Gasteiger partial charge >= 0.3 is 12.0 Å². The number of carbonyl (C=O) groups is 4. The number of para-hydroxylation sites is 1. The molecule has 144 valence electrons. The van der Waals surface area contributed by atoms with Crippen LogP contribution in [0.5, 0.6) is 5.75 Å². The molecule has 3 rings (SSSR count). The van der Waals surface area contributed by atoms with Gasteiger partial charge in [0.25, 0.3) is 11.8 Å². The Kier molecular flexibility index (Phi) is 5.02. The monoisotopic (exact) mass is 375 g/mol. The number of nitrogens with zero attached hydrogens (tertiary/aromatic N) is 1. The summed E-state index contributed by atoms with van der Waals surface area (Å²) in [5, 5.41) is 5.26. The summed E-state index contributed by atoms with van der Waals surface area (Å²) in [4.78, 5) is 48.6. The van der Waals surface area contributed by atoms with E-state index in [2.05, 4.69) is 10.6 Å². The van der Waals surface area contributed by atoms with E-state index < -0.39 is 42.5 Å². The Bertz CT molecular complexity index is 791. The van der Waals surface area contributed by atoms with Gasteiger partial charge < -0.3 is 20.1 Å². The zero-order valence-corrected chi connectivity index (χ0v) is 15.1. The number of carbonyl (C=O) groups excluding carboxylic acids is 4. The highest BCUT2D eigenvalue weighted by Gasteiger charge is 2.45. The van der Waals surface area contributed by atoms with Gasteiger partial charge in [-0.25, -0.2) is 4.79 Å². The molecule has 2 aliphatic heterocycles. The van der Waals surface area contributed by atoms with E-state index in [4.69, 9.17) is 9.47 Å². The number of amides is 4. The van der Waals surface area contributed by atoms with E-state index in [9.17, 15) is 19.2 Å². The molecule has 0 aromatic heterocycles. The minimum absolute atomic E-state index is 0.229. The predicted octanol–water partition coefficient (Wildman–Crippen LogP) is 0.500. The number of fused-ring (bicyclic) bond motifs is 1. The molecule has 0 bridgehead atoms. The average molecular weight is 375 g/mol. The topological polar surface area (TPSA) is 114 Å². The zero-order valence-electron chi connectivity index (χ0n) is 15.1. The molecule has 27 heavy (non-hydrogen) atoms. The molecule has 2 heterocycles. The zero-order chi connectivity index (χ0) is 19.6. The predicted molar refractivity (Wildman–Crippen MR) is 92.7 cm³/mol. The van der Waals surface area contributed by atoms with Gasteiger partial charge in [0, 0.05) is 12.0 Å². The van der Waals surface area contributed by atoms with Crippen molar-refractivity contribution in [2.75, 3.05) is 19.8 Å². The number of ether oxygens (including phenoxy) is 2. The summed E-state index contributed by atoms with van der Waals surface area (Å²) in [5.41, 5.74) is -0.199. The molecule has 4 amide bonds.